The molecule has 1 aromatic heterocycles. The van der Waals surface area contributed by atoms with Crippen molar-refractivity contribution in [2.75, 3.05) is 6.54 Å². The zero-order chi connectivity index (χ0) is 16.1. The van der Waals surface area contributed by atoms with E-state index in [0.29, 0.717) is 17.7 Å². The molecule has 1 unspecified atom stereocenters. The number of carbonyl (C=O) groups excluding carboxylic acids is 1. The summed E-state index contributed by atoms with van der Waals surface area (Å²) in [5.41, 5.74) is 5.68. The van der Waals surface area contributed by atoms with Gasteiger partial charge in [-0.3, -0.25) is 9.89 Å². The summed E-state index contributed by atoms with van der Waals surface area (Å²) in [6.45, 7) is 4.31. The average Bonchev–Trinajstić information content (AvgIpc) is 3.09. The molecule has 0 bridgehead atoms. The lowest BCUT2D eigenvalue weighted by molar-refractivity contribution is -0.116. The number of hydrogen-bond donors (Lipinski definition) is 3. The van der Waals surface area contributed by atoms with Crippen LogP contribution in [-0.2, 0) is 4.79 Å². The van der Waals surface area contributed by atoms with E-state index >= 15 is 0 Å². The molecule has 23 heavy (non-hydrogen) atoms. The summed E-state index contributed by atoms with van der Waals surface area (Å²) in [5, 5.41) is 23.8. The van der Waals surface area contributed by atoms with Crippen LogP contribution >= 0.6 is 0 Å². The number of aromatic nitrogens is 2. The number of amides is 1. The van der Waals surface area contributed by atoms with Crippen molar-refractivity contribution in [3.63, 3.8) is 0 Å². The minimum atomic E-state index is -0.336. The monoisotopic (exact) mass is 305 g/mol. The maximum atomic E-state index is 12.3. The number of dihydropyridines is 1. The normalized spacial score (nSPS) is 20.4. The summed E-state index contributed by atoms with van der Waals surface area (Å²) >= 11 is 0. The van der Waals surface area contributed by atoms with Gasteiger partial charge in [0.25, 0.3) is 0 Å². The van der Waals surface area contributed by atoms with Gasteiger partial charge in [-0.2, -0.15) is 10.4 Å². The molecule has 6 heteroatoms. The molecular formula is C17H15N5O. The molecule has 2 aromatic rings. The number of H-pyrrole nitrogens is 1. The van der Waals surface area contributed by atoms with Gasteiger partial charge >= 0.3 is 0 Å². The molecule has 3 N–H and O–H groups in total. The van der Waals surface area contributed by atoms with Gasteiger partial charge < -0.3 is 10.6 Å². The van der Waals surface area contributed by atoms with Gasteiger partial charge in [-0.25, -0.2) is 0 Å². The van der Waals surface area contributed by atoms with E-state index in [1.54, 1.807) is 0 Å². The van der Waals surface area contributed by atoms with Gasteiger partial charge in [0.2, 0.25) is 5.91 Å². The third-order valence-corrected chi connectivity index (χ3v) is 4.54. The van der Waals surface area contributed by atoms with Gasteiger partial charge in [-0.15, -0.1) is 0 Å². The largest absolute Gasteiger partial charge is 0.360 e. The van der Waals surface area contributed by atoms with Crippen molar-refractivity contribution >= 4 is 16.8 Å². The lowest BCUT2D eigenvalue weighted by Crippen LogP contribution is -2.25. The Morgan fingerprint density at radius 3 is 2.96 bits per heavy atom. The van der Waals surface area contributed by atoms with Crippen LogP contribution in [0.1, 0.15) is 24.1 Å². The quantitative estimate of drug-likeness (QED) is 0.748. The Kier molecular flexibility index (Phi) is 2.78. The fraction of sp³-hybridized carbons (Fsp3) is 0.235. The molecule has 6 nitrogen and oxygen atoms in total. The minimum Gasteiger partial charge on any atom is -0.360 e. The van der Waals surface area contributed by atoms with E-state index in [0.717, 1.165) is 33.6 Å². The second kappa shape index (κ2) is 4.71. The summed E-state index contributed by atoms with van der Waals surface area (Å²) in [7, 11) is 0. The Morgan fingerprint density at radius 1 is 1.35 bits per heavy atom. The number of fused-ring (bicyclic) bond motifs is 1. The number of nitrogens with zero attached hydrogens (tertiary/aromatic N) is 2. The van der Waals surface area contributed by atoms with Crippen LogP contribution in [0.5, 0.6) is 0 Å². The Balaban J connectivity index is 1.94. The standard InChI is InChI=1S/C17H15N5O/c1-8-12(6-18)15(16-14(20-8)7-19-17(16)23)10-3-4-13-11(5-10)9(2)21-22-13/h3-5,15,20H,7H2,1-2H3,(H,19,23)(H,21,22). The number of hydrogen-bond acceptors (Lipinski definition) is 4. The molecule has 1 aromatic carbocycles. The lowest BCUT2D eigenvalue weighted by Gasteiger charge is -2.26. The first-order chi connectivity index (χ1) is 11.1. The number of rotatable bonds is 1. The van der Waals surface area contributed by atoms with Gasteiger partial charge in [-0.1, -0.05) is 6.07 Å². The first-order valence-corrected chi connectivity index (χ1v) is 7.44. The number of aryl methyl sites for hydroxylation is 1. The predicted octanol–water partition coefficient (Wildman–Crippen LogP) is 1.74. The zero-order valence-electron chi connectivity index (χ0n) is 12.8. The van der Waals surface area contributed by atoms with Crippen LogP contribution in [0.15, 0.2) is 40.7 Å². The Labute approximate surface area is 132 Å². The number of allylic oxidation sites excluding steroid dienone is 2. The molecule has 0 radical (unpaired) electrons. The highest BCUT2D eigenvalue weighted by atomic mass is 16.2. The van der Waals surface area contributed by atoms with Crippen LogP contribution in [-0.4, -0.2) is 22.6 Å². The van der Waals surface area contributed by atoms with Crippen LogP contribution < -0.4 is 10.6 Å². The van der Waals surface area contributed by atoms with Crippen molar-refractivity contribution in [2.24, 2.45) is 0 Å². The molecule has 1 atom stereocenters. The van der Waals surface area contributed by atoms with E-state index in [2.05, 4.69) is 26.9 Å². The van der Waals surface area contributed by atoms with Crippen molar-refractivity contribution in [1.82, 2.24) is 20.8 Å². The molecule has 0 spiro atoms. The first-order valence-electron chi connectivity index (χ1n) is 7.44. The SMILES string of the molecule is CC1=C(C#N)C(c2ccc3n[nH]c(C)c3c2)C2=C(CNC2=O)N1. The number of nitrogens with one attached hydrogen (secondary N) is 3. The molecule has 3 heterocycles. The van der Waals surface area contributed by atoms with Crippen LogP contribution in [0.25, 0.3) is 10.9 Å². The van der Waals surface area contributed by atoms with Crippen molar-refractivity contribution in [3.8, 4) is 6.07 Å². The smallest absolute Gasteiger partial charge is 0.250 e. The maximum absolute atomic E-state index is 12.3. The van der Waals surface area contributed by atoms with Gasteiger partial charge in [0.15, 0.2) is 0 Å². The number of nitriles is 1. The van der Waals surface area contributed by atoms with E-state index in [1.165, 1.54) is 0 Å². The van der Waals surface area contributed by atoms with Crippen molar-refractivity contribution in [1.29, 1.82) is 5.26 Å². The molecule has 1 amide bonds. The van der Waals surface area contributed by atoms with Gasteiger partial charge in [-0.05, 0) is 31.5 Å². The molecule has 114 valence electrons. The molecule has 0 saturated heterocycles. The van der Waals surface area contributed by atoms with Crippen LogP contribution in [0.4, 0.5) is 0 Å². The summed E-state index contributed by atoms with van der Waals surface area (Å²) in [5.74, 6) is -0.445. The fourth-order valence-corrected chi connectivity index (χ4v) is 3.38. The summed E-state index contributed by atoms with van der Waals surface area (Å²) in [4.78, 5) is 12.3. The maximum Gasteiger partial charge on any atom is 0.250 e. The number of carbonyl (C=O) groups is 1. The molecule has 0 aliphatic carbocycles. The highest BCUT2D eigenvalue weighted by Gasteiger charge is 2.37. The molecule has 0 fully saturated rings. The van der Waals surface area contributed by atoms with Crippen LogP contribution in [0, 0.1) is 18.3 Å². The number of benzene rings is 1. The molecule has 2 aliphatic heterocycles. The van der Waals surface area contributed by atoms with E-state index in [4.69, 9.17) is 0 Å². The predicted molar refractivity (Wildman–Crippen MR) is 85.1 cm³/mol. The van der Waals surface area contributed by atoms with Crippen molar-refractivity contribution in [3.05, 3.63) is 52.0 Å². The van der Waals surface area contributed by atoms with E-state index < -0.39 is 0 Å². The first kappa shape index (κ1) is 13.6. The molecule has 4 rings (SSSR count). The fourth-order valence-electron chi connectivity index (χ4n) is 3.38. The van der Waals surface area contributed by atoms with Crippen molar-refractivity contribution in [2.45, 2.75) is 19.8 Å². The zero-order valence-corrected chi connectivity index (χ0v) is 12.8. The number of aromatic amines is 1. The van der Waals surface area contributed by atoms with Crippen molar-refractivity contribution < 1.29 is 4.79 Å². The highest BCUT2D eigenvalue weighted by Crippen LogP contribution is 2.40. The van der Waals surface area contributed by atoms with E-state index in [9.17, 15) is 10.1 Å². The minimum absolute atomic E-state index is 0.109. The summed E-state index contributed by atoms with van der Waals surface area (Å²) in [6.07, 6.45) is 0. The van der Waals surface area contributed by atoms with Gasteiger partial charge in [0.05, 0.1) is 35.2 Å². The molecule has 0 saturated carbocycles. The van der Waals surface area contributed by atoms with Gasteiger partial charge in [0.1, 0.15) is 0 Å². The lowest BCUT2D eigenvalue weighted by atomic mass is 9.81. The highest BCUT2D eigenvalue weighted by molar-refractivity contribution is 6.00. The van der Waals surface area contributed by atoms with Crippen LogP contribution in [0.2, 0.25) is 0 Å². The van der Waals surface area contributed by atoms with E-state index in [-0.39, 0.29) is 11.8 Å². The summed E-state index contributed by atoms with van der Waals surface area (Å²) in [6, 6.07) is 8.16. The third-order valence-electron chi connectivity index (χ3n) is 4.54. The molecular weight excluding hydrogens is 290 g/mol. The average molecular weight is 305 g/mol. The topological polar surface area (TPSA) is 93.6 Å². The Hall–Kier alpha value is -3.07. The second-order valence-corrected chi connectivity index (χ2v) is 5.91. The van der Waals surface area contributed by atoms with E-state index in [1.807, 2.05) is 32.0 Å². The van der Waals surface area contributed by atoms with Crippen LogP contribution in [0.3, 0.4) is 0 Å². The molecule has 2 aliphatic rings. The third kappa shape index (κ3) is 1.87. The Bertz CT molecular complexity index is 957. The Morgan fingerprint density at radius 2 is 2.17 bits per heavy atom. The second-order valence-electron chi connectivity index (χ2n) is 5.91. The summed E-state index contributed by atoms with van der Waals surface area (Å²) < 4.78 is 0. The van der Waals surface area contributed by atoms with Gasteiger partial charge in [0, 0.05) is 22.5 Å².